The number of benzene rings is 1. The number of imidazole rings is 1. The van der Waals surface area contributed by atoms with Crippen LogP contribution in [0.5, 0.6) is 5.75 Å². The number of carboxylic acid groups (broad SMARTS) is 2. The summed E-state index contributed by atoms with van der Waals surface area (Å²) in [6.45, 7) is 1.37. The van der Waals surface area contributed by atoms with Gasteiger partial charge in [0.2, 0.25) is 5.78 Å². The van der Waals surface area contributed by atoms with Crippen LogP contribution in [-0.2, 0) is 20.7 Å². The zero-order chi connectivity index (χ0) is 25.7. The van der Waals surface area contributed by atoms with E-state index in [0.717, 1.165) is 11.8 Å². The summed E-state index contributed by atoms with van der Waals surface area (Å²) in [5.41, 5.74) is 1.15. The van der Waals surface area contributed by atoms with Crippen molar-refractivity contribution in [3.63, 3.8) is 0 Å². The first-order chi connectivity index (χ1) is 16.4. The Balaban J connectivity index is 1.76. The van der Waals surface area contributed by atoms with E-state index in [2.05, 4.69) is 15.7 Å². The number of ketones is 2. The molecule has 12 nitrogen and oxygen atoms in total. The predicted octanol–water partition coefficient (Wildman–Crippen LogP) is -1.83. The molecule has 0 spiro atoms. The van der Waals surface area contributed by atoms with Crippen molar-refractivity contribution in [3.05, 3.63) is 41.2 Å². The molecule has 7 N–H and O–H groups in total. The minimum atomic E-state index is -2.36. The molecule has 0 bridgehead atoms. The van der Waals surface area contributed by atoms with Gasteiger partial charge in [0.05, 0.1) is 41.3 Å². The second-order valence-electron chi connectivity index (χ2n) is 8.63. The highest BCUT2D eigenvalue weighted by molar-refractivity contribution is 7.99. The number of aromatic amines is 1. The normalized spacial score (nSPS) is 28.8. The first-order valence-electron chi connectivity index (χ1n) is 10.7. The molecule has 1 aromatic heterocycles. The number of Topliss-reactive ketones (excluding diaryl/α,β-unsaturated/α-hetero) is 2. The molecule has 1 fully saturated rings. The Hall–Kier alpha value is -3.26. The average molecular weight is 506 g/mol. The number of aliphatic carboxylic acids is 2. The second kappa shape index (κ2) is 9.07. The Kier molecular flexibility index (Phi) is 6.44. The largest absolute Gasteiger partial charge is 0.544 e. The minimum Gasteiger partial charge on any atom is -0.544 e. The summed E-state index contributed by atoms with van der Waals surface area (Å²) in [6.07, 6.45) is -1.48. The number of aromatic hydroxyl groups is 1. The van der Waals surface area contributed by atoms with E-state index in [0.29, 0.717) is 5.69 Å². The number of nitrogens with zero attached hydrogens (tertiary/aromatic N) is 1. The number of phenolic OH excluding ortho intramolecular Hbond substituents is 1. The lowest BCUT2D eigenvalue weighted by atomic mass is 9.64. The van der Waals surface area contributed by atoms with Gasteiger partial charge in [-0.25, -0.2) is 4.98 Å². The van der Waals surface area contributed by atoms with Gasteiger partial charge >= 0.3 is 5.97 Å². The number of quaternary nitrogens is 1. The van der Waals surface area contributed by atoms with E-state index in [1.165, 1.54) is 31.3 Å². The number of H-pyrrole nitrogens is 1. The lowest BCUT2D eigenvalue weighted by molar-refractivity contribution is -0.437. The fourth-order valence-corrected chi connectivity index (χ4v) is 5.99. The van der Waals surface area contributed by atoms with Gasteiger partial charge in [0.25, 0.3) is 0 Å². The van der Waals surface area contributed by atoms with Crippen molar-refractivity contribution in [3.8, 4) is 5.75 Å². The monoisotopic (exact) mass is 505 g/mol. The molecule has 35 heavy (non-hydrogen) atoms. The number of nitrogens with one attached hydrogen (secondary N) is 1. The van der Waals surface area contributed by atoms with Gasteiger partial charge in [-0.15, -0.1) is 0 Å². The van der Waals surface area contributed by atoms with Crippen LogP contribution in [0.4, 0.5) is 0 Å². The van der Waals surface area contributed by atoms with Crippen molar-refractivity contribution in [2.75, 3.05) is 0 Å². The van der Waals surface area contributed by atoms with Crippen LogP contribution in [0.25, 0.3) is 0 Å². The van der Waals surface area contributed by atoms with Gasteiger partial charge in [0, 0.05) is 23.9 Å². The van der Waals surface area contributed by atoms with Crippen LogP contribution < -0.4 is 10.8 Å². The predicted molar refractivity (Wildman–Crippen MR) is 115 cm³/mol. The molecule has 0 amide bonds. The number of ether oxygens (including phenoxy) is 1. The van der Waals surface area contributed by atoms with E-state index in [9.17, 15) is 39.6 Å². The summed E-state index contributed by atoms with van der Waals surface area (Å²) in [5.74, 6) is -5.94. The number of carbonyl (C=O) groups excluding carboxylic acids is 3. The molecule has 13 heteroatoms. The van der Waals surface area contributed by atoms with E-state index in [1.807, 2.05) is 0 Å². The summed E-state index contributed by atoms with van der Waals surface area (Å²) in [7, 11) is 0. The van der Waals surface area contributed by atoms with Crippen LogP contribution in [0.3, 0.4) is 0 Å². The zero-order valence-corrected chi connectivity index (χ0v) is 19.3. The van der Waals surface area contributed by atoms with Gasteiger partial charge in [-0.05, 0) is 13.0 Å². The zero-order valence-electron chi connectivity index (χ0n) is 18.5. The Morgan fingerprint density at radius 1 is 1.37 bits per heavy atom. The number of hydrogen-bond donors (Lipinski definition) is 5. The number of phenols is 1. The highest BCUT2D eigenvalue weighted by atomic mass is 32.2. The van der Waals surface area contributed by atoms with E-state index < -0.39 is 70.7 Å². The highest BCUT2D eigenvalue weighted by Gasteiger charge is 2.64. The number of carbonyl (C=O) groups is 4. The van der Waals surface area contributed by atoms with E-state index in [4.69, 9.17) is 4.74 Å². The molecule has 4 rings (SSSR count). The third kappa shape index (κ3) is 4.20. The Morgan fingerprint density at radius 2 is 2.09 bits per heavy atom. The molecular weight excluding hydrogens is 482 g/mol. The smallest absolute Gasteiger partial charge is 0.306 e. The van der Waals surface area contributed by atoms with Crippen molar-refractivity contribution >= 4 is 35.3 Å². The van der Waals surface area contributed by atoms with Crippen molar-refractivity contribution in [2.45, 2.75) is 54.0 Å². The fourth-order valence-electron chi connectivity index (χ4n) is 4.65. The van der Waals surface area contributed by atoms with Crippen molar-refractivity contribution in [1.29, 1.82) is 0 Å². The van der Waals surface area contributed by atoms with Crippen LogP contribution in [0.2, 0.25) is 0 Å². The minimum absolute atomic E-state index is 0.00984. The number of aliphatic hydroxyl groups is 1. The SMILES string of the molecule is C[C@@H]1O[C@@H](CC(=O)O)[C@H](Sc2ncc(C[C@H]([NH3+])C(=O)[O-])[nH]2)C2C(=O)c3cccc(O)c3C(=O)[C@@]21O. The van der Waals surface area contributed by atoms with Crippen molar-refractivity contribution in [2.24, 2.45) is 5.92 Å². The molecule has 2 aliphatic rings. The van der Waals surface area contributed by atoms with Gasteiger partial charge in [0.15, 0.2) is 16.5 Å². The van der Waals surface area contributed by atoms with Crippen LogP contribution in [0.1, 0.15) is 39.8 Å². The molecule has 186 valence electrons. The molecule has 1 aliphatic heterocycles. The number of rotatable bonds is 7. The topological polar surface area (TPSA) is 218 Å². The van der Waals surface area contributed by atoms with Crippen molar-refractivity contribution < 1.29 is 50.1 Å². The third-order valence-corrected chi connectivity index (χ3v) is 7.66. The number of aromatic nitrogens is 2. The maximum absolute atomic E-state index is 13.6. The molecule has 1 saturated heterocycles. The number of hydrogen-bond acceptors (Lipinski definition) is 10. The molecule has 0 saturated carbocycles. The van der Waals surface area contributed by atoms with Crippen LogP contribution >= 0.6 is 11.8 Å². The molecule has 1 unspecified atom stereocenters. The molecule has 1 aromatic carbocycles. The van der Waals surface area contributed by atoms with E-state index in [-0.39, 0.29) is 22.7 Å². The van der Waals surface area contributed by atoms with Crippen LogP contribution in [-0.4, -0.2) is 77.9 Å². The fraction of sp³-hybridized carbons (Fsp3) is 0.409. The maximum Gasteiger partial charge on any atom is 0.306 e. The molecule has 0 radical (unpaired) electrons. The highest BCUT2D eigenvalue weighted by Crippen LogP contribution is 2.50. The standard InChI is InChI=1S/C22H23N3O9S/c1-8-22(33)16(17(29)10-3-2-4-12(26)15(10)19(22)30)18(13(34-8)6-14(27)28)35-21-24-7-9(25-21)5-11(23)20(31)32/h2-4,7-8,11,13,16,18,26,33H,5-6,23H2,1H3,(H,24,25)(H,27,28)(H,31,32)/t8-,11-,13-,16?,18-,22-/m0/s1. The Morgan fingerprint density at radius 3 is 2.74 bits per heavy atom. The molecule has 2 aromatic rings. The average Bonchev–Trinajstić information content (AvgIpc) is 3.21. The third-order valence-electron chi connectivity index (χ3n) is 6.38. The molecular formula is C22H23N3O9S. The van der Waals surface area contributed by atoms with Gasteiger partial charge in [-0.1, -0.05) is 23.9 Å². The summed E-state index contributed by atoms with van der Waals surface area (Å²) >= 11 is 0.908. The Bertz CT molecular complexity index is 1210. The quantitative estimate of drug-likeness (QED) is 0.282. The lowest BCUT2D eigenvalue weighted by Crippen LogP contribution is -2.69. The van der Waals surface area contributed by atoms with Gasteiger partial charge in [0.1, 0.15) is 11.8 Å². The number of thioether (sulfide) groups is 1. The number of carboxylic acids is 2. The Labute approximate surface area is 202 Å². The molecule has 6 atom stereocenters. The van der Waals surface area contributed by atoms with Crippen LogP contribution in [0, 0.1) is 5.92 Å². The van der Waals surface area contributed by atoms with Gasteiger partial charge < -0.3 is 40.7 Å². The summed E-state index contributed by atoms with van der Waals surface area (Å²) < 4.78 is 5.79. The summed E-state index contributed by atoms with van der Waals surface area (Å²) in [5, 5.41) is 41.4. The van der Waals surface area contributed by atoms with Crippen molar-refractivity contribution in [1.82, 2.24) is 9.97 Å². The van der Waals surface area contributed by atoms with Gasteiger partial charge in [-0.3, -0.25) is 14.4 Å². The first-order valence-corrected chi connectivity index (χ1v) is 11.6. The summed E-state index contributed by atoms with van der Waals surface area (Å²) in [4.78, 5) is 56.6. The maximum atomic E-state index is 13.6. The van der Waals surface area contributed by atoms with E-state index >= 15 is 0 Å². The van der Waals surface area contributed by atoms with E-state index in [1.54, 1.807) is 0 Å². The molecule has 1 aliphatic carbocycles. The lowest BCUT2D eigenvalue weighted by Gasteiger charge is -2.51. The number of fused-ring (bicyclic) bond motifs is 2. The second-order valence-corrected chi connectivity index (χ2v) is 9.79. The van der Waals surface area contributed by atoms with Crippen LogP contribution in [0.15, 0.2) is 29.6 Å². The molecule has 2 heterocycles. The first kappa shape index (κ1) is 24.9. The summed E-state index contributed by atoms with van der Waals surface area (Å²) in [6, 6.07) is 2.95. The van der Waals surface area contributed by atoms with Gasteiger partial charge in [-0.2, -0.15) is 0 Å².